The van der Waals surface area contributed by atoms with Crippen LogP contribution in [-0.4, -0.2) is 32.2 Å². The van der Waals surface area contributed by atoms with E-state index in [2.05, 4.69) is 5.32 Å². The first-order chi connectivity index (χ1) is 19.6. The first-order valence-corrected chi connectivity index (χ1v) is 14.1. The van der Waals surface area contributed by atoms with Gasteiger partial charge in [0.1, 0.15) is 10.7 Å². The highest BCUT2D eigenvalue weighted by molar-refractivity contribution is 7.87. The van der Waals surface area contributed by atoms with Crippen LogP contribution in [0.2, 0.25) is 5.02 Å². The molecule has 0 heterocycles. The number of carbonyl (C=O) groups excluding carboxylic acids is 2. The minimum absolute atomic E-state index is 0.0489. The molecule has 0 spiro atoms. The Bertz CT molecular complexity index is 1660. The second-order valence-corrected chi connectivity index (χ2v) is 10.9. The zero-order valence-corrected chi connectivity index (χ0v) is 23.7. The number of rotatable bonds is 10. The highest BCUT2D eigenvalue weighted by atomic mass is 35.5. The predicted molar refractivity (Wildman–Crippen MR) is 153 cm³/mol. The molecule has 0 saturated heterocycles. The number of methoxy groups -OCH3 is 1. The minimum Gasteiger partial charge on any atom is -0.493 e. The highest BCUT2D eigenvalue weighted by Crippen LogP contribution is 2.32. The third kappa shape index (κ3) is 7.62. The Morgan fingerprint density at radius 3 is 2.15 bits per heavy atom. The van der Waals surface area contributed by atoms with Gasteiger partial charge in [0, 0.05) is 25.7 Å². The van der Waals surface area contributed by atoms with Crippen LogP contribution in [0.4, 0.5) is 10.1 Å². The first-order valence-electron chi connectivity index (χ1n) is 12.3. The van der Waals surface area contributed by atoms with E-state index in [-0.39, 0.29) is 51.9 Å². The number of anilines is 1. The summed E-state index contributed by atoms with van der Waals surface area (Å²) in [6, 6.07) is 22.6. The van der Waals surface area contributed by atoms with Crippen molar-refractivity contribution in [3.8, 4) is 11.5 Å². The molecule has 8 nitrogen and oxygen atoms in total. The van der Waals surface area contributed by atoms with Crippen molar-refractivity contribution >= 4 is 39.2 Å². The van der Waals surface area contributed by atoms with Crippen molar-refractivity contribution in [1.82, 2.24) is 4.90 Å². The van der Waals surface area contributed by atoms with E-state index in [1.54, 1.807) is 42.5 Å². The zero-order chi connectivity index (χ0) is 29.6. The van der Waals surface area contributed by atoms with Gasteiger partial charge in [0.25, 0.3) is 5.91 Å². The van der Waals surface area contributed by atoms with E-state index in [1.807, 2.05) is 0 Å². The molecule has 0 aliphatic carbocycles. The molecule has 11 heteroatoms. The van der Waals surface area contributed by atoms with Crippen molar-refractivity contribution in [2.75, 3.05) is 12.4 Å². The molecule has 0 saturated carbocycles. The Morgan fingerprint density at radius 2 is 1.51 bits per heavy atom. The van der Waals surface area contributed by atoms with E-state index in [0.29, 0.717) is 16.8 Å². The van der Waals surface area contributed by atoms with Gasteiger partial charge in [-0.05, 0) is 71.8 Å². The normalized spacial score (nSPS) is 11.0. The second-order valence-electron chi connectivity index (χ2n) is 9.00. The molecule has 4 rings (SSSR count). The van der Waals surface area contributed by atoms with Gasteiger partial charge in [-0.25, -0.2) is 4.39 Å². The lowest BCUT2D eigenvalue weighted by atomic mass is 10.1. The van der Waals surface area contributed by atoms with Gasteiger partial charge in [0.2, 0.25) is 5.91 Å². The van der Waals surface area contributed by atoms with Crippen LogP contribution in [0.3, 0.4) is 0 Å². The molecule has 0 bridgehead atoms. The van der Waals surface area contributed by atoms with E-state index in [1.165, 1.54) is 67.5 Å². The van der Waals surface area contributed by atoms with Gasteiger partial charge in [-0.2, -0.15) is 8.42 Å². The molecule has 0 aliphatic rings. The Balaban J connectivity index is 1.63. The molecule has 4 aromatic rings. The van der Waals surface area contributed by atoms with Crippen molar-refractivity contribution in [3.05, 3.63) is 119 Å². The SMILES string of the molecule is COc1ccc(CN(Cc2ccc(F)cc2)C(=O)c2ccccc2Cl)cc1OS(=O)(=O)c1ccc(NC(C)=O)cc1. The highest BCUT2D eigenvalue weighted by Gasteiger charge is 2.23. The van der Waals surface area contributed by atoms with Crippen LogP contribution in [0.5, 0.6) is 11.5 Å². The third-order valence-corrected chi connectivity index (χ3v) is 7.52. The summed E-state index contributed by atoms with van der Waals surface area (Å²) in [7, 11) is -2.91. The van der Waals surface area contributed by atoms with Gasteiger partial charge in [-0.3, -0.25) is 9.59 Å². The van der Waals surface area contributed by atoms with E-state index >= 15 is 0 Å². The van der Waals surface area contributed by atoms with Crippen molar-refractivity contribution in [2.24, 2.45) is 0 Å². The van der Waals surface area contributed by atoms with Crippen LogP contribution < -0.4 is 14.2 Å². The maximum absolute atomic E-state index is 13.5. The zero-order valence-electron chi connectivity index (χ0n) is 22.1. The average Bonchev–Trinajstić information content (AvgIpc) is 2.94. The monoisotopic (exact) mass is 596 g/mol. The number of amides is 2. The Labute approximate surface area is 242 Å². The number of ether oxygens (including phenoxy) is 1. The molecule has 0 atom stereocenters. The molecule has 41 heavy (non-hydrogen) atoms. The summed E-state index contributed by atoms with van der Waals surface area (Å²) < 4.78 is 50.4. The maximum atomic E-state index is 13.5. The molecule has 2 amide bonds. The summed E-state index contributed by atoms with van der Waals surface area (Å²) in [5.41, 5.74) is 1.94. The van der Waals surface area contributed by atoms with Crippen LogP contribution in [0.25, 0.3) is 0 Å². The Kier molecular flexibility index (Phi) is 9.26. The molecule has 0 unspecified atom stereocenters. The molecule has 1 N–H and O–H groups in total. The summed E-state index contributed by atoms with van der Waals surface area (Å²) in [5, 5.41) is 2.84. The topological polar surface area (TPSA) is 102 Å². The minimum atomic E-state index is -4.28. The van der Waals surface area contributed by atoms with Crippen molar-refractivity contribution in [2.45, 2.75) is 24.9 Å². The second kappa shape index (κ2) is 12.8. The third-order valence-electron chi connectivity index (χ3n) is 5.94. The lowest BCUT2D eigenvalue weighted by molar-refractivity contribution is -0.114. The molecular weight excluding hydrogens is 571 g/mol. The van der Waals surface area contributed by atoms with E-state index in [9.17, 15) is 22.4 Å². The summed E-state index contributed by atoms with van der Waals surface area (Å²) in [4.78, 5) is 26.2. The van der Waals surface area contributed by atoms with E-state index in [0.717, 1.165) is 0 Å². The number of nitrogens with one attached hydrogen (secondary N) is 1. The summed E-state index contributed by atoms with van der Waals surface area (Å²) in [5.74, 6) is -0.983. The number of nitrogens with zero attached hydrogens (tertiary/aromatic N) is 1. The van der Waals surface area contributed by atoms with Crippen LogP contribution in [0, 0.1) is 5.82 Å². The van der Waals surface area contributed by atoms with Crippen molar-refractivity contribution in [1.29, 1.82) is 0 Å². The van der Waals surface area contributed by atoms with Crippen LogP contribution in [0.15, 0.2) is 95.9 Å². The van der Waals surface area contributed by atoms with Crippen LogP contribution in [-0.2, 0) is 28.0 Å². The van der Waals surface area contributed by atoms with Gasteiger partial charge in [0.05, 0.1) is 17.7 Å². The number of hydrogen-bond acceptors (Lipinski definition) is 6. The van der Waals surface area contributed by atoms with E-state index in [4.69, 9.17) is 20.5 Å². The molecule has 212 valence electrons. The first kappa shape index (κ1) is 29.6. The molecular formula is C30H26ClFN2O6S. The van der Waals surface area contributed by atoms with Gasteiger partial charge < -0.3 is 19.1 Å². The largest absolute Gasteiger partial charge is 0.493 e. The smallest absolute Gasteiger partial charge is 0.339 e. The maximum Gasteiger partial charge on any atom is 0.339 e. The fourth-order valence-corrected chi connectivity index (χ4v) is 5.14. The van der Waals surface area contributed by atoms with Gasteiger partial charge in [-0.1, -0.05) is 41.9 Å². The van der Waals surface area contributed by atoms with Crippen LogP contribution in [0.1, 0.15) is 28.4 Å². The summed E-state index contributed by atoms with van der Waals surface area (Å²) in [6.45, 7) is 1.52. The predicted octanol–water partition coefficient (Wildman–Crippen LogP) is 6.06. The number of hydrogen-bond donors (Lipinski definition) is 1. The summed E-state index contributed by atoms with van der Waals surface area (Å²) in [6.07, 6.45) is 0. The van der Waals surface area contributed by atoms with Gasteiger partial charge in [0.15, 0.2) is 11.5 Å². The average molecular weight is 597 g/mol. The standard InChI is InChI=1S/C30H26ClFN2O6S/c1-20(35)33-24-12-14-25(15-13-24)41(37,38)40-29-17-22(9-16-28(29)39-2)19-34(18-21-7-10-23(32)11-8-21)30(36)26-5-3-4-6-27(26)31/h3-17H,18-19H2,1-2H3,(H,33,35). The molecule has 0 radical (unpaired) electrons. The fourth-order valence-electron chi connectivity index (χ4n) is 3.99. The molecule has 0 aliphatic heterocycles. The van der Waals surface area contributed by atoms with Gasteiger partial charge in [-0.15, -0.1) is 0 Å². The lowest BCUT2D eigenvalue weighted by Crippen LogP contribution is -2.30. The quantitative estimate of drug-likeness (QED) is 0.223. The van der Waals surface area contributed by atoms with Gasteiger partial charge >= 0.3 is 10.1 Å². The number of benzene rings is 4. The van der Waals surface area contributed by atoms with Crippen molar-refractivity contribution in [3.63, 3.8) is 0 Å². The fraction of sp³-hybridized carbons (Fsp3) is 0.133. The van der Waals surface area contributed by atoms with Crippen molar-refractivity contribution < 1.29 is 31.3 Å². The molecule has 4 aromatic carbocycles. The molecule has 0 fully saturated rings. The number of halogens is 2. The van der Waals surface area contributed by atoms with Crippen LogP contribution >= 0.6 is 11.6 Å². The lowest BCUT2D eigenvalue weighted by Gasteiger charge is -2.24. The Hall–Kier alpha value is -4.41. The van der Waals surface area contributed by atoms with E-state index < -0.39 is 15.9 Å². The molecule has 0 aromatic heterocycles. The Morgan fingerprint density at radius 1 is 0.878 bits per heavy atom. The summed E-state index contributed by atoms with van der Waals surface area (Å²) >= 11 is 6.30. The number of carbonyl (C=O) groups is 2.